The van der Waals surface area contributed by atoms with Crippen LogP contribution in [-0.2, 0) is 19.1 Å². The second kappa shape index (κ2) is 18.0. The zero-order valence-electron chi connectivity index (χ0n) is 24.3. The summed E-state index contributed by atoms with van der Waals surface area (Å²) in [4.78, 5) is 24.1. The molecule has 0 aromatic carbocycles. The standard InChI is InChI=1S/C31H44BNO6/c1-7-8-9-12-22(3)25(34)17-15-21(2)14-16-24(5)30(37)29-26(35)19-27(39-31(29)32)23(4)13-10-11-18-33-20-28(36)38-6/h7-8,11-12,14,16,18-19,23,25,32-35H,9-10,13,15,17,20H2,1-6H3/b8-7+,18-11+,21-14+,22-12-,24-16+/t23-,25-/m1/s1. The number of ether oxygens (including phenoxy) is 2. The Balaban J connectivity index is 2.75. The predicted molar refractivity (Wildman–Crippen MR) is 159 cm³/mol. The van der Waals surface area contributed by atoms with Gasteiger partial charge < -0.3 is 0 Å². The molecule has 3 N–H and O–H groups in total. The molecule has 7 nitrogen and oxygen atoms in total. The topological polar surface area (TPSA) is 105 Å². The van der Waals surface area contributed by atoms with E-state index in [1.54, 1.807) is 19.2 Å². The molecule has 0 bridgehead atoms. The molecule has 1 heterocycles. The normalized spacial score (nSPS) is 16.8. The van der Waals surface area contributed by atoms with Crippen LogP contribution in [0.2, 0.25) is 0 Å². The summed E-state index contributed by atoms with van der Waals surface area (Å²) in [7, 11) is 5.20. The second-order valence-corrected chi connectivity index (χ2v) is 9.67. The predicted octanol–water partition coefficient (Wildman–Crippen LogP) is 4.95. The molecule has 0 saturated carbocycles. The zero-order chi connectivity index (χ0) is 29.4. The Hall–Kier alpha value is -3.39. The summed E-state index contributed by atoms with van der Waals surface area (Å²) in [5.74, 6) is -0.344. The van der Waals surface area contributed by atoms with Crippen LogP contribution in [0.15, 0.2) is 82.5 Å². The molecule has 0 fully saturated rings. The van der Waals surface area contributed by atoms with Gasteiger partial charge in [0.05, 0.1) is 7.11 Å². The molecular formula is C31H44BNO6. The molecule has 0 aromatic heterocycles. The molecule has 8 heteroatoms. The minimum Gasteiger partial charge on any atom is -0.0914 e. The molecule has 1 rings (SSSR count). The van der Waals surface area contributed by atoms with Crippen LogP contribution >= 0.6 is 0 Å². The van der Waals surface area contributed by atoms with Crippen molar-refractivity contribution in [2.45, 2.75) is 72.8 Å². The quantitative estimate of drug-likeness (QED) is 0.0841. The second-order valence-electron chi connectivity index (χ2n) is 9.67. The Bertz CT molecular complexity index is 1090. The fraction of sp³-hybridized carbons (Fsp3) is 0.452. The number of aliphatic hydroxyl groups is 2. The Morgan fingerprint density at radius 2 is 1.90 bits per heavy atom. The van der Waals surface area contributed by atoms with E-state index >= 15 is 0 Å². The first-order valence-electron chi connectivity index (χ1n) is 13.3. The van der Waals surface area contributed by atoms with Gasteiger partial charge in [0.25, 0.3) is 0 Å². The van der Waals surface area contributed by atoms with Crippen molar-refractivity contribution in [3.63, 3.8) is 0 Å². The average Bonchev–Trinajstić information content (AvgIpc) is 2.91. The van der Waals surface area contributed by atoms with Crippen molar-refractivity contribution in [1.29, 1.82) is 0 Å². The van der Waals surface area contributed by atoms with Gasteiger partial charge in [-0.05, 0) is 13.3 Å². The van der Waals surface area contributed by atoms with Gasteiger partial charge in [0.1, 0.15) is 0 Å². The van der Waals surface area contributed by atoms with Gasteiger partial charge in [-0.1, -0.05) is 12.2 Å². The minimum absolute atomic E-state index is 0.0232. The number of rotatable bonds is 16. The number of allylic oxidation sites excluding steroid dienone is 10. The maximum atomic E-state index is 13.0. The molecule has 0 saturated heterocycles. The number of hydrogen-bond donors (Lipinski definition) is 3. The van der Waals surface area contributed by atoms with Crippen molar-refractivity contribution in [2.75, 3.05) is 13.7 Å². The average molecular weight is 538 g/mol. The molecule has 2 atom stereocenters. The van der Waals surface area contributed by atoms with Crippen LogP contribution in [0.1, 0.15) is 66.7 Å². The van der Waals surface area contributed by atoms with Crippen molar-refractivity contribution in [3.8, 4) is 0 Å². The summed E-state index contributed by atoms with van der Waals surface area (Å²) in [5, 5.41) is 23.8. The Morgan fingerprint density at radius 1 is 1.18 bits per heavy atom. The molecule has 0 amide bonds. The first-order chi connectivity index (χ1) is 18.5. The number of Topliss-reactive ketones (excluding diaryl/α,β-unsaturated/α-hetero) is 1. The summed E-state index contributed by atoms with van der Waals surface area (Å²) >= 11 is 0. The summed E-state index contributed by atoms with van der Waals surface area (Å²) in [6, 6.07) is 0. The molecule has 212 valence electrons. The van der Waals surface area contributed by atoms with Crippen LogP contribution in [0.5, 0.6) is 0 Å². The van der Waals surface area contributed by atoms with E-state index in [0.29, 0.717) is 24.2 Å². The number of carbonyl (C=O) groups is 2. The Morgan fingerprint density at radius 3 is 2.54 bits per heavy atom. The van der Waals surface area contributed by atoms with Gasteiger partial charge in [0, 0.05) is 0 Å². The van der Waals surface area contributed by atoms with Crippen LogP contribution in [0.3, 0.4) is 0 Å². The fourth-order valence-corrected chi connectivity index (χ4v) is 3.67. The number of ketones is 1. The number of carbonyl (C=O) groups excluding carboxylic acids is 2. The smallest absolute Gasteiger partial charge is 0.0914 e. The molecule has 39 heavy (non-hydrogen) atoms. The maximum absolute atomic E-state index is 13.0. The summed E-state index contributed by atoms with van der Waals surface area (Å²) < 4.78 is 10.4. The van der Waals surface area contributed by atoms with Crippen LogP contribution in [0, 0.1) is 5.92 Å². The van der Waals surface area contributed by atoms with Crippen molar-refractivity contribution >= 4 is 24.9 Å². The van der Waals surface area contributed by atoms with Gasteiger partial charge in [-0.15, -0.1) is 0 Å². The van der Waals surface area contributed by atoms with Gasteiger partial charge in [0.2, 0.25) is 0 Å². The van der Waals surface area contributed by atoms with Gasteiger partial charge >= 0.3 is 202 Å². The molecule has 1 aliphatic heterocycles. The third-order valence-corrected chi connectivity index (χ3v) is 6.37. The van der Waals surface area contributed by atoms with E-state index < -0.39 is 6.10 Å². The van der Waals surface area contributed by atoms with E-state index in [2.05, 4.69) is 17.5 Å². The van der Waals surface area contributed by atoms with Crippen LogP contribution in [-0.4, -0.2) is 54.9 Å². The Labute approximate surface area is 234 Å². The van der Waals surface area contributed by atoms with Crippen LogP contribution < -0.4 is 5.32 Å². The van der Waals surface area contributed by atoms with Crippen molar-refractivity contribution in [3.05, 3.63) is 82.5 Å². The van der Waals surface area contributed by atoms with Crippen LogP contribution in [0.25, 0.3) is 0 Å². The van der Waals surface area contributed by atoms with Gasteiger partial charge in [0.15, 0.2) is 0 Å². The summed E-state index contributed by atoms with van der Waals surface area (Å²) in [6.07, 6.45) is 17.7. The monoisotopic (exact) mass is 537 g/mol. The summed E-state index contributed by atoms with van der Waals surface area (Å²) in [5.41, 5.74) is 2.60. The van der Waals surface area contributed by atoms with E-state index in [-0.39, 0.29) is 41.2 Å². The first kappa shape index (κ1) is 33.6. The van der Waals surface area contributed by atoms with E-state index in [4.69, 9.17) is 4.74 Å². The van der Waals surface area contributed by atoms with E-state index in [0.717, 1.165) is 30.4 Å². The van der Waals surface area contributed by atoms with E-state index in [1.807, 2.05) is 58.1 Å². The molecule has 0 aliphatic carbocycles. The number of methoxy groups -OCH3 is 1. The fourth-order valence-electron chi connectivity index (χ4n) is 3.67. The number of hydrogen-bond acceptors (Lipinski definition) is 7. The molecular weight excluding hydrogens is 493 g/mol. The third-order valence-electron chi connectivity index (χ3n) is 6.37. The number of aliphatic hydroxyl groups excluding tert-OH is 2. The van der Waals surface area contributed by atoms with Gasteiger partial charge in [-0.2, -0.15) is 0 Å². The molecule has 0 aromatic rings. The third kappa shape index (κ3) is 12.3. The van der Waals surface area contributed by atoms with Crippen molar-refractivity contribution in [1.82, 2.24) is 5.32 Å². The summed E-state index contributed by atoms with van der Waals surface area (Å²) in [6.45, 7) is 9.61. The van der Waals surface area contributed by atoms with Crippen molar-refractivity contribution < 1.29 is 29.3 Å². The minimum atomic E-state index is -0.502. The molecule has 0 radical (unpaired) electrons. The van der Waals surface area contributed by atoms with Crippen LogP contribution in [0.4, 0.5) is 0 Å². The molecule has 1 aliphatic rings. The number of esters is 1. The molecule has 0 unspecified atom stereocenters. The SMILES string of the molecule is B=C1OC([C@H](C)CC/C=C/NCC(=O)OC)=CC(O)=C1C(=O)/C(C)=C/C=C(\C)CC[C@@H](O)/C(C)=C\C/C=C/C. The first-order valence-corrected chi connectivity index (χ1v) is 13.3. The van der Waals surface area contributed by atoms with Gasteiger partial charge in [-0.3, -0.25) is 0 Å². The van der Waals surface area contributed by atoms with Gasteiger partial charge in [-0.25, -0.2) is 0 Å². The van der Waals surface area contributed by atoms with E-state index in [9.17, 15) is 19.8 Å². The molecule has 0 spiro atoms. The number of nitrogens with one attached hydrogen (secondary N) is 1. The van der Waals surface area contributed by atoms with E-state index in [1.165, 1.54) is 13.2 Å². The Kier molecular flexibility index (Phi) is 15.5. The van der Waals surface area contributed by atoms with Crippen molar-refractivity contribution in [2.24, 2.45) is 5.92 Å². The zero-order valence-corrected chi connectivity index (χ0v) is 24.3.